The standard InChI is InChI=1S/C36H22BrN/c37-33-19-13-25-12-18-32-34(20-14-26-11-17-31(33)35(25)36(26)32)38(29-15-9-23-5-1-3-7-27(23)21-29)30-16-10-24-6-2-4-8-28(24)22-30/h1-22H. The van der Waals surface area contributed by atoms with Gasteiger partial charge in [-0.1, -0.05) is 113 Å². The molecule has 0 N–H and O–H groups in total. The van der Waals surface area contributed by atoms with Gasteiger partial charge in [0, 0.05) is 21.2 Å². The maximum atomic E-state index is 3.80. The summed E-state index contributed by atoms with van der Waals surface area (Å²) >= 11 is 3.80. The van der Waals surface area contributed by atoms with Crippen molar-refractivity contribution in [3.05, 3.63) is 138 Å². The second kappa shape index (κ2) is 8.31. The van der Waals surface area contributed by atoms with E-state index in [2.05, 4.69) is 154 Å². The molecule has 0 bridgehead atoms. The Morgan fingerprint density at radius 2 is 0.868 bits per heavy atom. The van der Waals surface area contributed by atoms with E-state index in [4.69, 9.17) is 0 Å². The molecule has 8 aromatic rings. The monoisotopic (exact) mass is 547 g/mol. The summed E-state index contributed by atoms with van der Waals surface area (Å²) in [6.07, 6.45) is 0. The van der Waals surface area contributed by atoms with E-state index in [-0.39, 0.29) is 0 Å². The van der Waals surface area contributed by atoms with Crippen LogP contribution >= 0.6 is 15.9 Å². The highest BCUT2D eigenvalue weighted by atomic mass is 79.9. The van der Waals surface area contributed by atoms with E-state index in [1.807, 2.05) is 0 Å². The van der Waals surface area contributed by atoms with Crippen LogP contribution in [0.5, 0.6) is 0 Å². The number of nitrogens with zero attached hydrogens (tertiary/aromatic N) is 1. The van der Waals surface area contributed by atoms with Crippen molar-refractivity contribution in [3.8, 4) is 0 Å². The zero-order valence-electron chi connectivity index (χ0n) is 20.5. The summed E-state index contributed by atoms with van der Waals surface area (Å²) in [4.78, 5) is 2.42. The van der Waals surface area contributed by atoms with Gasteiger partial charge in [-0.05, 0) is 84.9 Å². The lowest BCUT2D eigenvalue weighted by molar-refractivity contribution is 1.31. The second-order valence-corrected chi connectivity index (χ2v) is 10.8. The lowest BCUT2D eigenvalue weighted by Crippen LogP contribution is -2.10. The zero-order valence-corrected chi connectivity index (χ0v) is 22.1. The van der Waals surface area contributed by atoms with Gasteiger partial charge in [0.25, 0.3) is 0 Å². The van der Waals surface area contributed by atoms with Crippen LogP contribution in [0.3, 0.4) is 0 Å². The van der Waals surface area contributed by atoms with Crippen LogP contribution in [0.25, 0.3) is 53.9 Å². The Hall–Kier alpha value is -4.40. The minimum absolute atomic E-state index is 1.13. The number of hydrogen-bond acceptors (Lipinski definition) is 1. The third kappa shape index (κ3) is 3.24. The largest absolute Gasteiger partial charge is 0.310 e. The summed E-state index contributed by atoms with van der Waals surface area (Å²) in [5.41, 5.74) is 3.47. The van der Waals surface area contributed by atoms with E-state index in [0.29, 0.717) is 0 Å². The van der Waals surface area contributed by atoms with Crippen molar-refractivity contribution in [1.29, 1.82) is 0 Å². The highest BCUT2D eigenvalue weighted by molar-refractivity contribution is 9.10. The number of fused-ring (bicyclic) bond motifs is 2. The molecule has 1 nitrogen and oxygen atoms in total. The van der Waals surface area contributed by atoms with Gasteiger partial charge < -0.3 is 4.90 Å². The smallest absolute Gasteiger partial charge is 0.0540 e. The fourth-order valence-electron chi connectivity index (χ4n) is 6.00. The van der Waals surface area contributed by atoms with Crippen molar-refractivity contribution in [1.82, 2.24) is 0 Å². The first-order valence-corrected chi connectivity index (χ1v) is 13.7. The zero-order chi connectivity index (χ0) is 25.2. The van der Waals surface area contributed by atoms with Crippen LogP contribution in [0.15, 0.2) is 138 Å². The molecule has 0 saturated heterocycles. The van der Waals surface area contributed by atoms with Gasteiger partial charge in [-0.15, -0.1) is 0 Å². The third-order valence-corrected chi connectivity index (χ3v) is 8.50. The predicted octanol–water partition coefficient (Wildman–Crippen LogP) is 11.1. The number of halogens is 1. The summed E-state index contributed by atoms with van der Waals surface area (Å²) in [6, 6.07) is 48.7. The maximum Gasteiger partial charge on any atom is 0.0540 e. The highest BCUT2D eigenvalue weighted by Gasteiger charge is 2.19. The van der Waals surface area contributed by atoms with Crippen LogP contribution in [-0.4, -0.2) is 0 Å². The minimum Gasteiger partial charge on any atom is -0.310 e. The van der Waals surface area contributed by atoms with E-state index in [9.17, 15) is 0 Å². The van der Waals surface area contributed by atoms with Gasteiger partial charge in [0.15, 0.2) is 0 Å². The molecular weight excluding hydrogens is 526 g/mol. The molecule has 0 aliphatic carbocycles. The fraction of sp³-hybridized carbons (Fsp3) is 0. The predicted molar refractivity (Wildman–Crippen MR) is 168 cm³/mol. The molecule has 0 radical (unpaired) electrons. The molecule has 38 heavy (non-hydrogen) atoms. The average Bonchev–Trinajstić information content (AvgIpc) is 2.97. The lowest BCUT2D eigenvalue weighted by Gasteiger charge is -2.28. The third-order valence-electron chi connectivity index (χ3n) is 7.81. The Morgan fingerprint density at radius 3 is 1.50 bits per heavy atom. The first kappa shape index (κ1) is 21.7. The quantitative estimate of drug-likeness (QED) is 0.199. The van der Waals surface area contributed by atoms with Crippen molar-refractivity contribution >= 4 is 86.9 Å². The number of hydrogen-bond donors (Lipinski definition) is 0. The Kier molecular flexibility index (Phi) is 4.74. The van der Waals surface area contributed by atoms with Gasteiger partial charge in [0.05, 0.1) is 5.69 Å². The van der Waals surface area contributed by atoms with Crippen LogP contribution in [0, 0.1) is 0 Å². The molecular formula is C36H22BrN. The summed E-state index contributed by atoms with van der Waals surface area (Å²) < 4.78 is 1.13. The molecule has 2 heteroatoms. The first-order chi connectivity index (χ1) is 18.7. The Bertz CT molecular complexity index is 2080. The molecule has 0 aliphatic heterocycles. The molecule has 8 aromatic carbocycles. The molecule has 0 fully saturated rings. The van der Waals surface area contributed by atoms with E-state index < -0.39 is 0 Å². The summed E-state index contributed by atoms with van der Waals surface area (Å²) in [6.45, 7) is 0. The Labute approximate surface area is 229 Å². The Morgan fingerprint density at radius 1 is 0.395 bits per heavy atom. The van der Waals surface area contributed by atoms with Gasteiger partial charge in [0.2, 0.25) is 0 Å². The fourth-order valence-corrected chi connectivity index (χ4v) is 6.47. The number of rotatable bonds is 3. The van der Waals surface area contributed by atoms with E-state index in [0.717, 1.165) is 15.8 Å². The van der Waals surface area contributed by atoms with Crippen LogP contribution in [0.2, 0.25) is 0 Å². The Balaban J connectivity index is 1.47. The molecule has 0 amide bonds. The highest BCUT2D eigenvalue weighted by Crippen LogP contribution is 2.45. The SMILES string of the molecule is Brc1ccc2ccc3c(N(c4ccc5ccccc5c4)c4ccc5ccccc5c4)ccc4ccc1c2c43. The number of anilines is 3. The molecule has 0 spiro atoms. The van der Waals surface area contributed by atoms with Crippen LogP contribution < -0.4 is 4.90 Å². The van der Waals surface area contributed by atoms with Crippen molar-refractivity contribution < 1.29 is 0 Å². The lowest BCUT2D eigenvalue weighted by atomic mass is 9.93. The molecule has 0 saturated carbocycles. The second-order valence-electron chi connectivity index (χ2n) is 9.95. The molecule has 0 aromatic heterocycles. The molecule has 178 valence electrons. The van der Waals surface area contributed by atoms with Crippen LogP contribution in [-0.2, 0) is 0 Å². The van der Waals surface area contributed by atoms with Crippen molar-refractivity contribution in [2.24, 2.45) is 0 Å². The molecule has 8 rings (SSSR count). The van der Waals surface area contributed by atoms with Crippen molar-refractivity contribution in [2.45, 2.75) is 0 Å². The molecule has 0 atom stereocenters. The van der Waals surface area contributed by atoms with Gasteiger partial charge in [-0.3, -0.25) is 0 Å². The summed E-state index contributed by atoms with van der Waals surface area (Å²) in [7, 11) is 0. The van der Waals surface area contributed by atoms with Crippen molar-refractivity contribution in [3.63, 3.8) is 0 Å². The van der Waals surface area contributed by atoms with Gasteiger partial charge >= 0.3 is 0 Å². The maximum absolute atomic E-state index is 3.80. The molecule has 0 heterocycles. The minimum atomic E-state index is 1.13. The van der Waals surface area contributed by atoms with Gasteiger partial charge in [-0.2, -0.15) is 0 Å². The average molecular weight is 548 g/mol. The van der Waals surface area contributed by atoms with E-state index >= 15 is 0 Å². The van der Waals surface area contributed by atoms with E-state index in [1.165, 1.54) is 59.5 Å². The number of benzene rings is 8. The topological polar surface area (TPSA) is 3.24 Å². The van der Waals surface area contributed by atoms with E-state index in [1.54, 1.807) is 0 Å². The van der Waals surface area contributed by atoms with Crippen LogP contribution in [0.4, 0.5) is 17.1 Å². The van der Waals surface area contributed by atoms with Gasteiger partial charge in [-0.25, -0.2) is 0 Å². The normalized spacial score (nSPS) is 11.8. The van der Waals surface area contributed by atoms with Crippen molar-refractivity contribution in [2.75, 3.05) is 4.90 Å². The summed E-state index contributed by atoms with van der Waals surface area (Å²) in [5.74, 6) is 0. The van der Waals surface area contributed by atoms with Crippen LogP contribution in [0.1, 0.15) is 0 Å². The first-order valence-electron chi connectivity index (χ1n) is 12.9. The summed E-state index contributed by atoms with van der Waals surface area (Å²) in [5, 5.41) is 12.6. The molecule has 0 unspecified atom stereocenters. The van der Waals surface area contributed by atoms with Gasteiger partial charge in [0.1, 0.15) is 0 Å². The molecule has 0 aliphatic rings.